The van der Waals surface area contributed by atoms with Gasteiger partial charge in [0, 0.05) is 0 Å². The maximum absolute atomic E-state index is 3.30. The third-order valence-corrected chi connectivity index (χ3v) is 4.04. The number of unbranched alkanes of at least 4 members (excludes halogenated alkanes) is 9. The average Bonchev–Trinajstić information content (AvgIpc) is 2.39. The molecule has 0 aromatic rings. The SMILES string of the molecule is CCCCCCCCCCCCC(CC)CNC. The Balaban J connectivity index is 3.10. The average molecular weight is 255 g/mol. The minimum Gasteiger partial charge on any atom is -0.319 e. The fourth-order valence-electron chi connectivity index (χ4n) is 2.66. The fraction of sp³-hybridized carbons (Fsp3) is 1.00. The van der Waals surface area contributed by atoms with Crippen LogP contribution < -0.4 is 5.32 Å². The van der Waals surface area contributed by atoms with Crippen LogP contribution >= 0.6 is 0 Å². The summed E-state index contributed by atoms with van der Waals surface area (Å²) in [6.45, 7) is 5.81. The third kappa shape index (κ3) is 12.4. The largest absolute Gasteiger partial charge is 0.319 e. The predicted octanol–water partition coefficient (Wildman–Crippen LogP) is 5.54. The molecule has 0 aromatic carbocycles. The van der Waals surface area contributed by atoms with E-state index in [-0.39, 0.29) is 0 Å². The van der Waals surface area contributed by atoms with E-state index >= 15 is 0 Å². The molecule has 1 atom stereocenters. The molecule has 0 heterocycles. The van der Waals surface area contributed by atoms with Gasteiger partial charge in [0.2, 0.25) is 0 Å². The summed E-state index contributed by atoms with van der Waals surface area (Å²) in [5.41, 5.74) is 0. The first-order valence-corrected chi connectivity index (χ1v) is 8.49. The lowest BCUT2D eigenvalue weighted by Gasteiger charge is -2.13. The Morgan fingerprint density at radius 2 is 1.22 bits per heavy atom. The Labute approximate surface area is 116 Å². The monoisotopic (exact) mass is 255 g/mol. The summed E-state index contributed by atoms with van der Waals surface area (Å²) >= 11 is 0. The van der Waals surface area contributed by atoms with Crippen molar-refractivity contribution in [2.24, 2.45) is 5.92 Å². The molecule has 110 valence electrons. The van der Waals surface area contributed by atoms with Crippen LogP contribution in [-0.2, 0) is 0 Å². The highest BCUT2D eigenvalue weighted by atomic mass is 14.8. The second-order valence-corrected chi connectivity index (χ2v) is 5.80. The zero-order chi connectivity index (χ0) is 13.5. The van der Waals surface area contributed by atoms with Crippen molar-refractivity contribution in [3.8, 4) is 0 Å². The molecular formula is C17H37N. The molecular weight excluding hydrogens is 218 g/mol. The molecule has 0 spiro atoms. The predicted molar refractivity (Wildman–Crippen MR) is 84.2 cm³/mol. The summed E-state index contributed by atoms with van der Waals surface area (Å²) in [6, 6.07) is 0. The van der Waals surface area contributed by atoms with Crippen molar-refractivity contribution in [1.29, 1.82) is 0 Å². The van der Waals surface area contributed by atoms with Gasteiger partial charge in [0.25, 0.3) is 0 Å². The lowest BCUT2D eigenvalue weighted by atomic mass is 9.97. The van der Waals surface area contributed by atoms with Gasteiger partial charge in [-0.3, -0.25) is 0 Å². The summed E-state index contributed by atoms with van der Waals surface area (Å²) < 4.78 is 0. The lowest BCUT2D eigenvalue weighted by molar-refractivity contribution is 0.423. The van der Waals surface area contributed by atoms with Crippen molar-refractivity contribution in [1.82, 2.24) is 5.32 Å². The van der Waals surface area contributed by atoms with Crippen LogP contribution in [0.3, 0.4) is 0 Å². The van der Waals surface area contributed by atoms with Crippen LogP contribution in [-0.4, -0.2) is 13.6 Å². The van der Waals surface area contributed by atoms with Crippen molar-refractivity contribution in [3.05, 3.63) is 0 Å². The second-order valence-electron chi connectivity index (χ2n) is 5.80. The second kappa shape index (κ2) is 15.0. The van der Waals surface area contributed by atoms with Gasteiger partial charge < -0.3 is 5.32 Å². The van der Waals surface area contributed by atoms with E-state index in [2.05, 4.69) is 26.2 Å². The summed E-state index contributed by atoms with van der Waals surface area (Å²) in [5, 5.41) is 3.30. The standard InChI is InChI=1S/C17H37N/c1-4-6-7-8-9-10-11-12-13-14-15-17(5-2)16-18-3/h17-18H,4-16H2,1-3H3. The molecule has 0 bridgehead atoms. The fourth-order valence-corrected chi connectivity index (χ4v) is 2.66. The first-order valence-electron chi connectivity index (χ1n) is 8.49. The molecule has 0 rings (SSSR count). The van der Waals surface area contributed by atoms with E-state index in [4.69, 9.17) is 0 Å². The van der Waals surface area contributed by atoms with Gasteiger partial charge in [-0.25, -0.2) is 0 Å². The zero-order valence-corrected chi connectivity index (χ0v) is 13.3. The van der Waals surface area contributed by atoms with Crippen molar-refractivity contribution in [2.45, 2.75) is 90.9 Å². The molecule has 0 aliphatic heterocycles. The summed E-state index contributed by atoms with van der Waals surface area (Å²) in [7, 11) is 2.07. The highest BCUT2D eigenvalue weighted by molar-refractivity contribution is 4.59. The molecule has 1 nitrogen and oxygen atoms in total. The highest BCUT2D eigenvalue weighted by Gasteiger charge is 2.03. The quantitative estimate of drug-likeness (QED) is 0.402. The summed E-state index contributed by atoms with van der Waals surface area (Å²) in [5.74, 6) is 0.907. The van der Waals surface area contributed by atoms with Crippen LogP contribution in [0.4, 0.5) is 0 Å². The van der Waals surface area contributed by atoms with Crippen molar-refractivity contribution in [2.75, 3.05) is 13.6 Å². The van der Waals surface area contributed by atoms with Gasteiger partial charge >= 0.3 is 0 Å². The van der Waals surface area contributed by atoms with Crippen LogP contribution in [0, 0.1) is 5.92 Å². The summed E-state index contributed by atoms with van der Waals surface area (Å²) in [4.78, 5) is 0. The van der Waals surface area contributed by atoms with Gasteiger partial charge in [0.05, 0.1) is 0 Å². The van der Waals surface area contributed by atoms with E-state index in [0.717, 1.165) is 5.92 Å². The first-order chi connectivity index (χ1) is 8.85. The topological polar surface area (TPSA) is 12.0 Å². The van der Waals surface area contributed by atoms with Crippen molar-refractivity contribution in [3.63, 3.8) is 0 Å². The maximum Gasteiger partial charge on any atom is -0.00236 e. The molecule has 0 saturated heterocycles. The minimum atomic E-state index is 0.907. The Kier molecular flexibility index (Phi) is 15.0. The Morgan fingerprint density at radius 1 is 0.722 bits per heavy atom. The van der Waals surface area contributed by atoms with Crippen molar-refractivity contribution >= 4 is 0 Å². The van der Waals surface area contributed by atoms with Crippen LogP contribution in [0.5, 0.6) is 0 Å². The number of hydrogen-bond acceptors (Lipinski definition) is 1. The Morgan fingerprint density at radius 3 is 1.67 bits per heavy atom. The maximum atomic E-state index is 3.30. The molecule has 1 N–H and O–H groups in total. The van der Waals surface area contributed by atoms with E-state index in [0.29, 0.717) is 0 Å². The van der Waals surface area contributed by atoms with Gasteiger partial charge in [-0.05, 0) is 25.9 Å². The summed E-state index contributed by atoms with van der Waals surface area (Å²) in [6.07, 6.45) is 17.2. The normalized spacial score (nSPS) is 12.8. The van der Waals surface area contributed by atoms with E-state index in [1.165, 1.54) is 83.6 Å². The third-order valence-electron chi connectivity index (χ3n) is 4.04. The molecule has 1 heteroatoms. The van der Waals surface area contributed by atoms with Crippen LogP contribution in [0.25, 0.3) is 0 Å². The molecule has 0 amide bonds. The molecule has 0 aliphatic rings. The molecule has 0 aliphatic carbocycles. The van der Waals surface area contributed by atoms with Gasteiger partial charge in [0.1, 0.15) is 0 Å². The van der Waals surface area contributed by atoms with Gasteiger partial charge in [-0.15, -0.1) is 0 Å². The molecule has 0 saturated carbocycles. The van der Waals surface area contributed by atoms with E-state index in [1.807, 2.05) is 0 Å². The lowest BCUT2D eigenvalue weighted by Crippen LogP contribution is -2.18. The van der Waals surface area contributed by atoms with E-state index in [9.17, 15) is 0 Å². The molecule has 18 heavy (non-hydrogen) atoms. The highest BCUT2D eigenvalue weighted by Crippen LogP contribution is 2.15. The Hall–Kier alpha value is -0.0400. The van der Waals surface area contributed by atoms with E-state index < -0.39 is 0 Å². The van der Waals surface area contributed by atoms with Gasteiger partial charge in [0.15, 0.2) is 0 Å². The molecule has 0 fully saturated rings. The smallest absolute Gasteiger partial charge is 0.00236 e. The van der Waals surface area contributed by atoms with Crippen LogP contribution in [0.15, 0.2) is 0 Å². The van der Waals surface area contributed by atoms with Crippen LogP contribution in [0.2, 0.25) is 0 Å². The molecule has 0 radical (unpaired) electrons. The Bertz CT molecular complexity index is 145. The first kappa shape index (κ1) is 18.0. The van der Waals surface area contributed by atoms with E-state index in [1.54, 1.807) is 0 Å². The zero-order valence-electron chi connectivity index (χ0n) is 13.3. The molecule has 0 aromatic heterocycles. The number of nitrogens with one attached hydrogen (secondary N) is 1. The van der Waals surface area contributed by atoms with Gasteiger partial charge in [-0.1, -0.05) is 84.5 Å². The number of rotatable bonds is 14. The van der Waals surface area contributed by atoms with Crippen LogP contribution in [0.1, 0.15) is 90.9 Å². The van der Waals surface area contributed by atoms with Gasteiger partial charge in [-0.2, -0.15) is 0 Å². The number of hydrogen-bond donors (Lipinski definition) is 1. The minimum absolute atomic E-state index is 0.907. The van der Waals surface area contributed by atoms with Crippen molar-refractivity contribution < 1.29 is 0 Å². The molecule has 1 unspecified atom stereocenters.